The molecule has 28 heavy (non-hydrogen) atoms. The van der Waals surface area contributed by atoms with Crippen LogP contribution in [-0.4, -0.2) is 63.9 Å². The highest BCUT2D eigenvalue weighted by molar-refractivity contribution is 7.89. The van der Waals surface area contributed by atoms with Gasteiger partial charge in [-0.25, -0.2) is 8.42 Å². The van der Waals surface area contributed by atoms with Crippen LogP contribution in [0.2, 0.25) is 0 Å². The van der Waals surface area contributed by atoms with E-state index in [2.05, 4.69) is 5.32 Å². The lowest BCUT2D eigenvalue weighted by Crippen LogP contribution is -2.47. The third-order valence-electron chi connectivity index (χ3n) is 4.84. The molecule has 1 aliphatic heterocycles. The van der Waals surface area contributed by atoms with Gasteiger partial charge in [-0.3, -0.25) is 14.5 Å². The van der Waals surface area contributed by atoms with Gasteiger partial charge in [0.15, 0.2) is 0 Å². The van der Waals surface area contributed by atoms with Crippen molar-refractivity contribution in [1.29, 1.82) is 0 Å². The summed E-state index contributed by atoms with van der Waals surface area (Å²) in [6, 6.07) is 4.02. The summed E-state index contributed by atoms with van der Waals surface area (Å²) >= 11 is 0. The number of rotatable bonds is 9. The van der Waals surface area contributed by atoms with Gasteiger partial charge in [-0.2, -0.15) is 4.31 Å². The van der Waals surface area contributed by atoms with Gasteiger partial charge in [0.25, 0.3) is 0 Å². The molecule has 1 aromatic rings. The molecule has 156 valence electrons. The number of methoxy groups -OCH3 is 1. The number of sulfonamides is 1. The number of nitrogens with one attached hydrogen (secondary N) is 1. The Morgan fingerprint density at radius 3 is 2.54 bits per heavy atom. The Morgan fingerprint density at radius 2 is 1.96 bits per heavy atom. The van der Waals surface area contributed by atoms with E-state index in [1.807, 2.05) is 0 Å². The normalized spacial score (nSPS) is 16.3. The molecule has 2 amide bonds. The maximum Gasteiger partial charge on any atom is 0.243 e. The van der Waals surface area contributed by atoms with Crippen LogP contribution in [0.15, 0.2) is 23.1 Å². The fourth-order valence-electron chi connectivity index (χ4n) is 3.45. The lowest BCUT2D eigenvalue weighted by molar-refractivity contribution is -0.125. The van der Waals surface area contributed by atoms with Crippen LogP contribution in [0, 0.1) is 0 Å². The zero-order valence-corrected chi connectivity index (χ0v) is 17.7. The summed E-state index contributed by atoms with van der Waals surface area (Å²) in [4.78, 5) is 26.4. The molecule has 1 N–H and O–H groups in total. The van der Waals surface area contributed by atoms with Crippen LogP contribution in [0.25, 0.3) is 0 Å². The number of hydrogen-bond acceptors (Lipinski definition) is 5. The molecule has 1 aromatic carbocycles. The highest BCUT2D eigenvalue weighted by Crippen LogP contribution is 2.34. The quantitative estimate of drug-likeness (QED) is 0.615. The van der Waals surface area contributed by atoms with E-state index in [1.54, 1.807) is 33.1 Å². The van der Waals surface area contributed by atoms with E-state index < -0.39 is 16.1 Å². The van der Waals surface area contributed by atoms with Crippen molar-refractivity contribution in [1.82, 2.24) is 9.62 Å². The zero-order valence-electron chi connectivity index (χ0n) is 16.9. The molecule has 0 aliphatic carbocycles. The van der Waals surface area contributed by atoms with Gasteiger partial charge in [-0.1, -0.05) is 13.8 Å². The van der Waals surface area contributed by atoms with Gasteiger partial charge >= 0.3 is 0 Å². The van der Waals surface area contributed by atoms with E-state index in [-0.39, 0.29) is 23.1 Å². The second-order valence-electron chi connectivity index (χ2n) is 6.63. The molecule has 0 saturated carbocycles. The monoisotopic (exact) mass is 411 g/mol. The summed E-state index contributed by atoms with van der Waals surface area (Å²) in [7, 11) is -2.01. The molecule has 0 aromatic heterocycles. The third kappa shape index (κ3) is 4.53. The molecule has 0 bridgehead atoms. The van der Waals surface area contributed by atoms with E-state index in [4.69, 9.17) is 4.74 Å². The average molecular weight is 412 g/mol. The summed E-state index contributed by atoms with van der Waals surface area (Å²) in [5.41, 5.74) is 1.27. The van der Waals surface area contributed by atoms with Crippen molar-refractivity contribution in [2.75, 3.05) is 38.3 Å². The maximum atomic E-state index is 12.8. The molecule has 0 saturated heterocycles. The van der Waals surface area contributed by atoms with E-state index >= 15 is 0 Å². The number of carbonyl (C=O) groups excluding carboxylic acids is 2. The van der Waals surface area contributed by atoms with Crippen LogP contribution in [0.3, 0.4) is 0 Å². The first kappa shape index (κ1) is 22.3. The molecule has 2 rings (SSSR count). The Labute approximate surface area is 166 Å². The minimum Gasteiger partial charge on any atom is -0.385 e. The number of carbonyl (C=O) groups is 2. The van der Waals surface area contributed by atoms with Gasteiger partial charge in [0.2, 0.25) is 21.8 Å². The smallest absolute Gasteiger partial charge is 0.243 e. The van der Waals surface area contributed by atoms with Crippen molar-refractivity contribution in [2.24, 2.45) is 0 Å². The number of benzene rings is 1. The molecule has 0 fully saturated rings. The van der Waals surface area contributed by atoms with Crippen molar-refractivity contribution in [3.8, 4) is 0 Å². The van der Waals surface area contributed by atoms with Crippen LogP contribution in [0.5, 0.6) is 0 Å². The second-order valence-corrected chi connectivity index (χ2v) is 8.56. The molecule has 1 heterocycles. The molecule has 1 atom stereocenters. The Morgan fingerprint density at radius 1 is 1.29 bits per heavy atom. The van der Waals surface area contributed by atoms with Crippen LogP contribution in [0.4, 0.5) is 5.69 Å². The first-order valence-corrected chi connectivity index (χ1v) is 10.9. The van der Waals surface area contributed by atoms with Gasteiger partial charge in [-0.15, -0.1) is 0 Å². The van der Waals surface area contributed by atoms with E-state index in [0.29, 0.717) is 43.9 Å². The molecule has 9 heteroatoms. The summed E-state index contributed by atoms with van der Waals surface area (Å²) in [6.45, 7) is 6.72. The summed E-state index contributed by atoms with van der Waals surface area (Å²) in [6.07, 6.45) is 0.959. The summed E-state index contributed by atoms with van der Waals surface area (Å²) in [5.74, 6) is -0.509. The summed E-state index contributed by atoms with van der Waals surface area (Å²) in [5, 5.41) is 2.82. The fraction of sp³-hybridized carbons (Fsp3) is 0.579. The highest BCUT2D eigenvalue weighted by atomic mass is 32.2. The third-order valence-corrected chi connectivity index (χ3v) is 6.89. The van der Waals surface area contributed by atoms with Crippen molar-refractivity contribution in [3.63, 3.8) is 0 Å². The van der Waals surface area contributed by atoms with E-state index in [0.717, 1.165) is 0 Å². The van der Waals surface area contributed by atoms with Gasteiger partial charge < -0.3 is 10.1 Å². The number of ether oxygens (including phenoxy) is 1. The Kier molecular flexibility index (Phi) is 7.56. The Hall–Kier alpha value is -1.97. The zero-order chi connectivity index (χ0) is 20.9. The molecule has 1 aliphatic rings. The number of fused-ring (bicyclic) bond motifs is 1. The number of nitrogens with zero attached hydrogens (tertiary/aromatic N) is 2. The van der Waals surface area contributed by atoms with E-state index in [9.17, 15) is 18.0 Å². The van der Waals surface area contributed by atoms with Gasteiger partial charge in [0.1, 0.15) is 6.04 Å². The lowest BCUT2D eigenvalue weighted by atomic mass is 10.1. The average Bonchev–Trinajstić information content (AvgIpc) is 3.05. The lowest BCUT2D eigenvalue weighted by Gasteiger charge is -2.23. The minimum absolute atomic E-state index is 0.180. The van der Waals surface area contributed by atoms with Crippen LogP contribution >= 0.6 is 0 Å². The van der Waals surface area contributed by atoms with Crippen molar-refractivity contribution in [3.05, 3.63) is 23.8 Å². The maximum absolute atomic E-state index is 12.8. The molecular weight excluding hydrogens is 382 g/mol. The van der Waals surface area contributed by atoms with Crippen molar-refractivity contribution >= 4 is 27.5 Å². The number of amides is 2. The number of anilines is 1. The highest BCUT2D eigenvalue weighted by Gasteiger charge is 2.37. The van der Waals surface area contributed by atoms with Gasteiger partial charge in [-0.05, 0) is 30.2 Å². The molecule has 0 unspecified atom stereocenters. The predicted octanol–water partition coefficient (Wildman–Crippen LogP) is 1.15. The van der Waals surface area contributed by atoms with Crippen molar-refractivity contribution < 1.29 is 22.7 Å². The van der Waals surface area contributed by atoms with Gasteiger partial charge in [0.05, 0.1) is 4.90 Å². The fourth-order valence-corrected chi connectivity index (χ4v) is 4.96. The van der Waals surface area contributed by atoms with Gasteiger partial charge in [0, 0.05) is 52.4 Å². The number of hydrogen-bond donors (Lipinski definition) is 1. The first-order chi connectivity index (χ1) is 13.3. The largest absolute Gasteiger partial charge is 0.385 e. The SMILES string of the molecule is CCN(CC)S(=O)(=O)c1ccc2c(c1)C[C@H](C(=O)NCCCOC)N2C(C)=O. The van der Waals surface area contributed by atoms with E-state index in [1.165, 1.54) is 22.2 Å². The molecule has 8 nitrogen and oxygen atoms in total. The molecule has 0 radical (unpaired) electrons. The molecule has 0 spiro atoms. The Bertz CT molecular complexity index is 821. The van der Waals surface area contributed by atoms with Crippen molar-refractivity contribution in [2.45, 2.75) is 44.6 Å². The standard InChI is InChI=1S/C19H29N3O5S/c1-5-21(6-2)28(25,26)16-8-9-17-15(12-16)13-18(22(17)14(3)23)19(24)20-10-7-11-27-4/h8-9,12,18H,5-7,10-11,13H2,1-4H3,(H,20,24)/t18-/m1/s1. The van der Waals surface area contributed by atoms with Crippen LogP contribution in [-0.2, 0) is 30.8 Å². The van der Waals surface area contributed by atoms with Crippen LogP contribution < -0.4 is 10.2 Å². The topological polar surface area (TPSA) is 96.0 Å². The summed E-state index contributed by atoms with van der Waals surface area (Å²) < 4.78 is 31.9. The Balaban J connectivity index is 2.28. The van der Waals surface area contributed by atoms with Crippen LogP contribution in [0.1, 0.15) is 32.8 Å². The minimum atomic E-state index is -3.60. The first-order valence-electron chi connectivity index (χ1n) is 9.47. The predicted molar refractivity (Wildman–Crippen MR) is 107 cm³/mol. The second kappa shape index (κ2) is 9.49. The molecular formula is C19H29N3O5S.